The number of carbonyl (C=O) groups excluding carboxylic acids is 1. The van der Waals surface area contributed by atoms with Crippen LogP contribution in [0.15, 0.2) is 29.0 Å². The van der Waals surface area contributed by atoms with Gasteiger partial charge in [-0.25, -0.2) is 0 Å². The second-order valence-electron chi connectivity index (χ2n) is 6.00. The van der Waals surface area contributed by atoms with Crippen LogP contribution in [0.1, 0.15) is 28.2 Å². The zero-order valence-electron chi connectivity index (χ0n) is 12.4. The molecule has 0 N–H and O–H groups in total. The first-order valence-electron chi connectivity index (χ1n) is 7.78. The van der Waals surface area contributed by atoms with Crippen molar-refractivity contribution in [2.75, 3.05) is 19.7 Å². The zero-order chi connectivity index (χ0) is 15.0. The Morgan fingerprint density at radius 1 is 1.23 bits per heavy atom. The summed E-state index contributed by atoms with van der Waals surface area (Å²) >= 11 is 3.48. The Labute approximate surface area is 138 Å². The third-order valence-electron chi connectivity index (χ3n) is 4.74. The number of hydrogen-bond acceptors (Lipinski definition) is 4. The highest BCUT2D eigenvalue weighted by Crippen LogP contribution is 2.44. The average Bonchev–Trinajstić information content (AvgIpc) is 3.20. The van der Waals surface area contributed by atoms with Crippen LogP contribution >= 0.6 is 22.7 Å². The van der Waals surface area contributed by atoms with Gasteiger partial charge < -0.3 is 9.64 Å². The minimum absolute atomic E-state index is 0.124. The maximum Gasteiger partial charge on any atom is 0.227 e. The summed E-state index contributed by atoms with van der Waals surface area (Å²) in [5, 5.41) is 4.21. The molecule has 2 aliphatic rings. The van der Waals surface area contributed by atoms with Crippen LogP contribution in [-0.2, 0) is 28.0 Å². The molecule has 2 aromatic rings. The van der Waals surface area contributed by atoms with E-state index in [4.69, 9.17) is 4.74 Å². The van der Waals surface area contributed by atoms with Gasteiger partial charge in [0.05, 0.1) is 13.0 Å². The summed E-state index contributed by atoms with van der Waals surface area (Å²) < 4.78 is 6.20. The summed E-state index contributed by atoms with van der Waals surface area (Å²) in [4.78, 5) is 17.0. The van der Waals surface area contributed by atoms with E-state index in [1.165, 1.54) is 10.4 Å². The first-order chi connectivity index (χ1) is 10.8. The quantitative estimate of drug-likeness (QED) is 0.842. The van der Waals surface area contributed by atoms with E-state index in [-0.39, 0.29) is 11.5 Å². The van der Waals surface area contributed by atoms with E-state index in [0.29, 0.717) is 6.42 Å². The van der Waals surface area contributed by atoms with Crippen LogP contribution in [0.25, 0.3) is 0 Å². The van der Waals surface area contributed by atoms with Crippen LogP contribution in [0.2, 0.25) is 0 Å². The summed E-state index contributed by atoms with van der Waals surface area (Å²) in [6.45, 7) is 2.43. The van der Waals surface area contributed by atoms with Crippen molar-refractivity contribution in [1.82, 2.24) is 4.90 Å². The van der Waals surface area contributed by atoms with Gasteiger partial charge in [-0.3, -0.25) is 4.79 Å². The van der Waals surface area contributed by atoms with Crippen molar-refractivity contribution in [1.29, 1.82) is 0 Å². The normalized spacial score (nSPS) is 20.1. The highest BCUT2D eigenvalue weighted by Gasteiger charge is 2.42. The predicted octanol–water partition coefficient (Wildman–Crippen LogP) is 3.44. The van der Waals surface area contributed by atoms with E-state index < -0.39 is 0 Å². The molecule has 116 valence electrons. The molecule has 0 aromatic carbocycles. The van der Waals surface area contributed by atoms with Gasteiger partial charge in [0.1, 0.15) is 5.60 Å². The maximum atomic E-state index is 12.4. The number of nitrogens with zero attached hydrogens (tertiary/aromatic N) is 1. The van der Waals surface area contributed by atoms with Crippen molar-refractivity contribution >= 4 is 28.6 Å². The van der Waals surface area contributed by atoms with Gasteiger partial charge >= 0.3 is 0 Å². The van der Waals surface area contributed by atoms with Crippen molar-refractivity contribution in [2.24, 2.45) is 0 Å². The first kappa shape index (κ1) is 14.4. The van der Waals surface area contributed by atoms with E-state index in [1.807, 2.05) is 33.7 Å². The van der Waals surface area contributed by atoms with Crippen LogP contribution < -0.4 is 0 Å². The second-order valence-corrected chi connectivity index (χ2v) is 7.95. The molecule has 22 heavy (non-hydrogen) atoms. The number of amides is 1. The average molecular weight is 333 g/mol. The Kier molecular flexibility index (Phi) is 3.80. The molecule has 1 fully saturated rings. The summed E-state index contributed by atoms with van der Waals surface area (Å²) in [6, 6.07) is 6.28. The molecule has 0 saturated carbocycles. The van der Waals surface area contributed by atoms with Gasteiger partial charge in [0.25, 0.3) is 0 Å². The van der Waals surface area contributed by atoms with Crippen LogP contribution in [0.4, 0.5) is 0 Å². The fourth-order valence-electron chi connectivity index (χ4n) is 3.52. The Morgan fingerprint density at radius 2 is 2.09 bits per heavy atom. The topological polar surface area (TPSA) is 29.5 Å². The number of ether oxygens (including phenoxy) is 1. The zero-order valence-corrected chi connectivity index (χ0v) is 14.0. The van der Waals surface area contributed by atoms with Crippen LogP contribution in [0, 0.1) is 0 Å². The minimum Gasteiger partial charge on any atom is -0.369 e. The molecular weight excluding hydrogens is 314 g/mol. The van der Waals surface area contributed by atoms with E-state index in [2.05, 4.69) is 11.4 Å². The van der Waals surface area contributed by atoms with Gasteiger partial charge in [-0.1, -0.05) is 6.07 Å². The number of fused-ring (bicyclic) bond motifs is 2. The molecule has 1 spiro atoms. The fourth-order valence-corrected chi connectivity index (χ4v) is 5.38. The molecule has 4 rings (SSSR count). The SMILES string of the molecule is O=C(Cc1cccs1)N1CCC2(CC1)OCCc1ccsc12. The second kappa shape index (κ2) is 5.80. The first-order valence-corrected chi connectivity index (χ1v) is 9.54. The lowest BCUT2D eigenvalue weighted by Crippen LogP contribution is -2.48. The molecule has 0 aliphatic carbocycles. The highest BCUT2D eigenvalue weighted by molar-refractivity contribution is 7.10. The van der Waals surface area contributed by atoms with Crippen molar-refractivity contribution in [3.8, 4) is 0 Å². The molecule has 4 heterocycles. The lowest BCUT2D eigenvalue weighted by Gasteiger charge is -2.43. The number of likely N-dealkylation sites (tertiary alicyclic amines) is 1. The van der Waals surface area contributed by atoms with Crippen LogP contribution in [-0.4, -0.2) is 30.5 Å². The Morgan fingerprint density at radius 3 is 2.86 bits per heavy atom. The molecule has 0 radical (unpaired) electrons. The smallest absolute Gasteiger partial charge is 0.227 e. The maximum absolute atomic E-state index is 12.4. The summed E-state index contributed by atoms with van der Waals surface area (Å²) in [7, 11) is 0. The lowest BCUT2D eigenvalue weighted by molar-refractivity contribution is -0.139. The number of thiophene rings is 2. The largest absolute Gasteiger partial charge is 0.369 e. The molecule has 0 bridgehead atoms. The van der Waals surface area contributed by atoms with Crippen molar-refractivity contribution in [3.63, 3.8) is 0 Å². The molecule has 2 aromatic heterocycles. The predicted molar refractivity (Wildman–Crippen MR) is 89.5 cm³/mol. The van der Waals surface area contributed by atoms with Gasteiger partial charge in [-0.05, 0) is 47.7 Å². The van der Waals surface area contributed by atoms with E-state index in [9.17, 15) is 4.79 Å². The third kappa shape index (κ3) is 2.51. The van der Waals surface area contributed by atoms with E-state index in [0.717, 1.165) is 43.8 Å². The molecular formula is C17H19NO2S2. The van der Waals surface area contributed by atoms with Gasteiger partial charge in [-0.15, -0.1) is 22.7 Å². The van der Waals surface area contributed by atoms with Gasteiger partial charge in [0, 0.05) is 22.8 Å². The van der Waals surface area contributed by atoms with Crippen LogP contribution in [0.5, 0.6) is 0 Å². The monoisotopic (exact) mass is 333 g/mol. The van der Waals surface area contributed by atoms with Gasteiger partial charge in [0.2, 0.25) is 5.91 Å². The molecule has 0 unspecified atom stereocenters. The Hall–Kier alpha value is -1.17. The fraction of sp³-hybridized carbons (Fsp3) is 0.471. The molecule has 0 atom stereocenters. The van der Waals surface area contributed by atoms with E-state index in [1.54, 1.807) is 11.3 Å². The van der Waals surface area contributed by atoms with E-state index >= 15 is 0 Å². The number of hydrogen-bond donors (Lipinski definition) is 0. The standard InChI is InChI=1S/C17H19NO2S2/c19-15(12-14-2-1-10-21-14)18-7-5-17(6-8-18)16-13(3-9-20-17)4-11-22-16/h1-2,4,10-11H,3,5-9,12H2. The molecule has 1 amide bonds. The lowest BCUT2D eigenvalue weighted by atomic mass is 9.85. The van der Waals surface area contributed by atoms with Crippen molar-refractivity contribution < 1.29 is 9.53 Å². The minimum atomic E-state index is -0.124. The summed E-state index contributed by atoms with van der Waals surface area (Å²) in [6.07, 6.45) is 3.42. The molecule has 1 saturated heterocycles. The Balaban J connectivity index is 1.44. The molecule has 5 heteroatoms. The highest BCUT2D eigenvalue weighted by atomic mass is 32.1. The molecule has 2 aliphatic heterocycles. The number of rotatable bonds is 2. The summed E-state index contributed by atoms with van der Waals surface area (Å²) in [5.74, 6) is 0.250. The Bertz CT molecular complexity index is 654. The van der Waals surface area contributed by atoms with Gasteiger partial charge in [-0.2, -0.15) is 0 Å². The number of carbonyl (C=O) groups is 1. The van der Waals surface area contributed by atoms with Gasteiger partial charge in [0.15, 0.2) is 0 Å². The van der Waals surface area contributed by atoms with Crippen molar-refractivity contribution in [3.05, 3.63) is 44.3 Å². The third-order valence-corrected chi connectivity index (χ3v) is 6.76. The summed E-state index contributed by atoms with van der Waals surface area (Å²) in [5.41, 5.74) is 1.33. The van der Waals surface area contributed by atoms with Crippen LogP contribution in [0.3, 0.4) is 0 Å². The molecule has 3 nitrogen and oxygen atoms in total. The van der Waals surface area contributed by atoms with Crippen molar-refractivity contribution in [2.45, 2.75) is 31.3 Å². The number of piperidine rings is 1.